The van der Waals surface area contributed by atoms with Gasteiger partial charge in [-0.1, -0.05) is 6.42 Å². The Morgan fingerprint density at radius 1 is 1.00 bits per heavy atom. The molecule has 1 aliphatic rings. The molecular formula is C12H10F5NO2. The quantitative estimate of drug-likeness (QED) is 0.510. The van der Waals surface area contributed by atoms with Crippen molar-refractivity contribution in [2.24, 2.45) is 5.41 Å². The Morgan fingerprint density at radius 2 is 1.45 bits per heavy atom. The van der Waals surface area contributed by atoms with Crippen molar-refractivity contribution in [2.45, 2.75) is 19.3 Å². The van der Waals surface area contributed by atoms with E-state index in [1.165, 1.54) is 0 Å². The number of rotatable bonds is 4. The zero-order chi connectivity index (χ0) is 15.1. The maximum atomic E-state index is 13.4. The summed E-state index contributed by atoms with van der Waals surface area (Å²) in [6.45, 7) is -0.402. The average Bonchev–Trinajstić information content (AvgIpc) is 2.36. The number of halogens is 5. The largest absolute Gasteiger partial charge is 0.481 e. The van der Waals surface area contributed by atoms with E-state index in [2.05, 4.69) is 0 Å². The first-order valence-corrected chi connectivity index (χ1v) is 5.79. The van der Waals surface area contributed by atoms with Gasteiger partial charge in [0.05, 0.1) is 5.41 Å². The predicted molar refractivity (Wildman–Crippen MR) is 58.6 cm³/mol. The van der Waals surface area contributed by atoms with E-state index in [1.807, 2.05) is 5.32 Å². The van der Waals surface area contributed by atoms with Crippen LogP contribution in [0.2, 0.25) is 0 Å². The molecule has 20 heavy (non-hydrogen) atoms. The molecule has 1 saturated carbocycles. The number of benzene rings is 1. The van der Waals surface area contributed by atoms with Gasteiger partial charge in [0.1, 0.15) is 5.69 Å². The highest BCUT2D eigenvalue weighted by Gasteiger charge is 2.44. The van der Waals surface area contributed by atoms with Crippen molar-refractivity contribution in [3.63, 3.8) is 0 Å². The number of carbonyl (C=O) groups is 1. The third-order valence-electron chi connectivity index (χ3n) is 3.58. The van der Waals surface area contributed by atoms with Crippen molar-refractivity contribution in [3.8, 4) is 0 Å². The summed E-state index contributed by atoms with van der Waals surface area (Å²) in [6.07, 6.45) is 1.19. The number of hydrogen-bond acceptors (Lipinski definition) is 2. The Hall–Kier alpha value is -1.86. The molecule has 0 amide bonds. The monoisotopic (exact) mass is 295 g/mol. The van der Waals surface area contributed by atoms with E-state index in [0.717, 1.165) is 0 Å². The van der Waals surface area contributed by atoms with E-state index in [0.29, 0.717) is 6.42 Å². The van der Waals surface area contributed by atoms with Gasteiger partial charge >= 0.3 is 5.97 Å². The molecule has 1 aromatic rings. The molecule has 110 valence electrons. The lowest BCUT2D eigenvalue weighted by atomic mass is 9.69. The zero-order valence-corrected chi connectivity index (χ0v) is 10.1. The normalized spacial score (nSPS) is 16.6. The Bertz CT molecular complexity index is 542. The fraction of sp³-hybridized carbons (Fsp3) is 0.417. The van der Waals surface area contributed by atoms with Crippen molar-refractivity contribution in [1.82, 2.24) is 0 Å². The lowest BCUT2D eigenvalue weighted by Crippen LogP contribution is -2.44. The van der Waals surface area contributed by atoms with Crippen molar-refractivity contribution < 1.29 is 31.9 Å². The summed E-state index contributed by atoms with van der Waals surface area (Å²) < 4.78 is 65.5. The van der Waals surface area contributed by atoms with Gasteiger partial charge < -0.3 is 10.4 Å². The summed E-state index contributed by atoms with van der Waals surface area (Å²) >= 11 is 0. The van der Waals surface area contributed by atoms with Crippen molar-refractivity contribution in [3.05, 3.63) is 29.1 Å². The number of nitrogens with one attached hydrogen (secondary N) is 1. The van der Waals surface area contributed by atoms with Crippen LogP contribution in [0.4, 0.5) is 27.6 Å². The Balaban J connectivity index is 2.29. The average molecular weight is 295 g/mol. The zero-order valence-electron chi connectivity index (χ0n) is 10.1. The molecule has 0 spiro atoms. The Labute approximate surface area is 110 Å². The third-order valence-corrected chi connectivity index (χ3v) is 3.58. The summed E-state index contributed by atoms with van der Waals surface area (Å²) in [5, 5.41) is 11.1. The van der Waals surface area contributed by atoms with E-state index >= 15 is 0 Å². The number of aliphatic carboxylic acids is 1. The van der Waals surface area contributed by atoms with Crippen LogP contribution in [0.5, 0.6) is 0 Å². The first-order valence-electron chi connectivity index (χ1n) is 5.79. The topological polar surface area (TPSA) is 49.3 Å². The minimum Gasteiger partial charge on any atom is -0.481 e. The van der Waals surface area contributed by atoms with E-state index in [1.54, 1.807) is 0 Å². The second kappa shape index (κ2) is 4.92. The van der Waals surface area contributed by atoms with Gasteiger partial charge in [-0.3, -0.25) is 4.79 Å². The number of carboxylic acids is 1. The van der Waals surface area contributed by atoms with Gasteiger partial charge in [-0.15, -0.1) is 0 Å². The van der Waals surface area contributed by atoms with Crippen molar-refractivity contribution in [1.29, 1.82) is 0 Å². The van der Waals surface area contributed by atoms with Gasteiger partial charge in [0, 0.05) is 6.54 Å². The Kier molecular flexibility index (Phi) is 3.58. The molecule has 0 atom stereocenters. The van der Waals surface area contributed by atoms with Crippen LogP contribution in [0.25, 0.3) is 0 Å². The molecule has 0 radical (unpaired) electrons. The third kappa shape index (κ3) is 2.08. The molecule has 3 nitrogen and oxygen atoms in total. The molecule has 8 heteroatoms. The van der Waals surface area contributed by atoms with Crippen LogP contribution in [-0.4, -0.2) is 17.6 Å². The molecule has 2 N–H and O–H groups in total. The van der Waals surface area contributed by atoms with Crippen LogP contribution in [0.1, 0.15) is 19.3 Å². The first-order chi connectivity index (χ1) is 9.30. The van der Waals surface area contributed by atoms with Crippen LogP contribution < -0.4 is 5.32 Å². The van der Waals surface area contributed by atoms with E-state index in [9.17, 15) is 26.7 Å². The molecule has 2 rings (SSSR count). The fourth-order valence-corrected chi connectivity index (χ4v) is 2.09. The number of carboxylic acid groups (broad SMARTS) is 1. The van der Waals surface area contributed by atoms with Gasteiger partial charge in [0.25, 0.3) is 0 Å². The molecule has 0 aliphatic heterocycles. The molecule has 0 unspecified atom stereocenters. The van der Waals surface area contributed by atoms with Crippen molar-refractivity contribution in [2.75, 3.05) is 11.9 Å². The molecular weight excluding hydrogens is 285 g/mol. The van der Waals surface area contributed by atoms with Crippen LogP contribution >= 0.6 is 0 Å². The SMILES string of the molecule is O=C(O)C1(CNc2c(F)c(F)c(F)c(F)c2F)CCC1. The second-order valence-electron chi connectivity index (χ2n) is 4.74. The maximum absolute atomic E-state index is 13.4. The maximum Gasteiger partial charge on any atom is 0.311 e. The van der Waals surface area contributed by atoms with Crippen LogP contribution in [0.3, 0.4) is 0 Å². The lowest BCUT2D eigenvalue weighted by molar-refractivity contribution is -0.153. The Morgan fingerprint density at radius 3 is 1.80 bits per heavy atom. The first kappa shape index (κ1) is 14.5. The smallest absolute Gasteiger partial charge is 0.311 e. The van der Waals surface area contributed by atoms with E-state index in [4.69, 9.17) is 5.11 Å². The molecule has 0 heterocycles. The van der Waals surface area contributed by atoms with Gasteiger partial charge in [-0.25, -0.2) is 22.0 Å². The number of hydrogen-bond donors (Lipinski definition) is 2. The van der Waals surface area contributed by atoms with Crippen molar-refractivity contribution >= 4 is 11.7 Å². The van der Waals surface area contributed by atoms with Gasteiger partial charge in [0.15, 0.2) is 23.3 Å². The summed E-state index contributed by atoms with van der Waals surface area (Å²) in [5.74, 6) is -11.5. The highest BCUT2D eigenvalue weighted by atomic mass is 19.2. The van der Waals surface area contributed by atoms with Gasteiger partial charge in [0.2, 0.25) is 5.82 Å². The minimum atomic E-state index is -2.25. The molecule has 1 fully saturated rings. The van der Waals surface area contributed by atoms with Gasteiger partial charge in [-0.2, -0.15) is 0 Å². The predicted octanol–water partition coefficient (Wildman–Crippen LogP) is 3.05. The molecule has 0 saturated heterocycles. The summed E-state index contributed by atoms with van der Waals surface area (Å²) in [6, 6.07) is 0. The van der Waals surface area contributed by atoms with Crippen LogP contribution in [-0.2, 0) is 4.79 Å². The summed E-state index contributed by atoms with van der Waals surface area (Å²) in [5.41, 5.74) is -2.42. The lowest BCUT2D eigenvalue weighted by Gasteiger charge is -2.37. The number of anilines is 1. The minimum absolute atomic E-state index is 0.282. The fourth-order valence-electron chi connectivity index (χ4n) is 2.09. The van der Waals surface area contributed by atoms with Crippen LogP contribution in [0, 0.1) is 34.5 Å². The highest BCUT2D eigenvalue weighted by Crippen LogP contribution is 2.41. The molecule has 0 bridgehead atoms. The second-order valence-corrected chi connectivity index (χ2v) is 4.74. The molecule has 0 aromatic heterocycles. The highest BCUT2D eigenvalue weighted by molar-refractivity contribution is 5.76. The van der Waals surface area contributed by atoms with E-state index in [-0.39, 0.29) is 12.8 Å². The van der Waals surface area contributed by atoms with Gasteiger partial charge in [-0.05, 0) is 12.8 Å². The molecule has 1 aromatic carbocycles. The summed E-state index contributed by atoms with van der Waals surface area (Å²) in [4.78, 5) is 11.0. The standard InChI is InChI=1S/C12H10F5NO2/c13-5-6(14)8(16)10(9(17)7(5)15)18-4-12(11(19)20)2-1-3-12/h18H,1-4H2,(H,19,20). The molecule has 1 aliphatic carbocycles. The van der Waals surface area contributed by atoms with Crippen LogP contribution in [0.15, 0.2) is 0 Å². The van der Waals surface area contributed by atoms with E-state index < -0.39 is 52.7 Å². The summed E-state index contributed by atoms with van der Waals surface area (Å²) in [7, 11) is 0.